The number of nitrogens with two attached hydrogens (primary N) is 1. The standard InChI is InChI=1S/C11H16BrN3O3S2/c12-9-5-6-19-11(9)20(17,18)15(7-10(13)14-16)8-3-1-2-4-8/h5-6,8,16H,1-4,7H2,(H2,13,14). The minimum absolute atomic E-state index is 0.0886. The zero-order chi connectivity index (χ0) is 14.8. The van der Waals surface area contributed by atoms with Crippen molar-refractivity contribution in [3.8, 4) is 0 Å². The van der Waals surface area contributed by atoms with Gasteiger partial charge in [0, 0.05) is 10.5 Å². The summed E-state index contributed by atoms with van der Waals surface area (Å²) in [5.41, 5.74) is 5.52. The molecule has 9 heteroatoms. The van der Waals surface area contributed by atoms with Crippen molar-refractivity contribution in [2.45, 2.75) is 35.9 Å². The molecule has 20 heavy (non-hydrogen) atoms. The van der Waals surface area contributed by atoms with Crippen molar-refractivity contribution in [3.63, 3.8) is 0 Å². The summed E-state index contributed by atoms with van der Waals surface area (Å²) in [6, 6.07) is 1.61. The first kappa shape index (κ1) is 15.7. The fourth-order valence-corrected chi connectivity index (χ4v) is 6.45. The van der Waals surface area contributed by atoms with Crippen LogP contribution in [-0.2, 0) is 10.0 Å². The molecule has 1 aliphatic rings. The number of oxime groups is 1. The third-order valence-corrected chi connectivity index (χ3v) is 7.85. The van der Waals surface area contributed by atoms with Crippen molar-refractivity contribution < 1.29 is 13.6 Å². The Labute approximate surface area is 130 Å². The smallest absolute Gasteiger partial charge is 0.254 e. The highest BCUT2D eigenvalue weighted by molar-refractivity contribution is 9.10. The predicted octanol–water partition coefficient (Wildman–Crippen LogP) is 2.19. The summed E-state index contributed by atoms with van der Waals surface area (Å²) in [7, 11) is -3.64. The molecule has 0 amide bonds. The molecular formula is C11H16BrN3O3S2. The third kappa shape index (κ3) is 3.16. The Morgan fingerprint density at radius 2 is 2.20 bits per heavy atom. The van der Waals surface area contributed by atoms with Gasteiger partial charge >= 0.3 is 0 Å². The van der Waals surface area contributed by atoms with Crippen LogP contribution in [0.25, 0.3) is 0 Å². The van der Waals surface area contributed by atoms with Crippen LogP contribution in [0.2, 0.25) is 0 Å². The van der Waals surface area contributed by atoms with Gasteiger partial charge in [0.2, 0.25) is 0 Å². The zero-order valence-corrected chi connectivity index (χ0v) is 13.9. The zero-order valence-electron chi connectivity index (χ0n) is 10.7. The maximum Gasteiger partial charge on any atom is 0.254 e. The summed E-state index contributed by atoms with van der Waals surface area (Å²) in [6.07, 6.45) is 3.61. The maximum atomic E-state index is 12.8. The number of hydrogen-bond acceptors (Lipinski definition) is 5. The van der Waals surface area contributed by atoms with Gasteiger partial charge in [-0.1, -0.05) is 18.0 Å². The van der Waals surface area contributed by atoms with Gasteiger partial charge in [0.05, 0.1) is 6.54 Å². The monoisotopic (exact) mass is 381 g/mol. The Bertz CT molecular complexity index is 594. The Morgan fingerprint density at radius 3 is 2.70 bits per heavy atom. The molecular weight excluding hydrogens is 366 g/mol. The van der Waals surface area contributed by atoms with Gasteiger partial charge in [0.25, 0.3) is 10.0 Å². The highest BCUT2D eigenvalue weighted by Gasteiger charge is 2.35. The summed E-state index contributed by atoms with van der Waals surface area (Å²) in [5, 5.41) is 13.3. The quantitative estimate of drug-likeness (QED) is 0.353. The lowest BCUT2D eigenvalue weighted by Crippen LogP contribution is -2.44. The molecule has 1 fully saturated rings. The molecule has 0 saturated heterocycles. The Kier molecular flexibility index (Phi) is 5.05. The molecule has 6 nitrogen and oxygen atoms in total. The first-order valence-corrected chi connectivity index (χ1v) is 9.29. The summed E-state index contributed by atoms with van der Waals surface area (Å²) >= 11 is 4.41. The second kappa shape index (κ2) is 6.42. The highest BCUT2D eigenvalue weighted by Crippen LogP contribution is 2.34. The summed E-state index contributed by atoms with van der Waals surface area (Å²) < 4.78 is 27.7. The normalized spacial score (nSPS) is 18.0. The minimum Gasteiger partial charge on any atom is -0.409 e. The van der Waals surface area contributed by atoms with Gasteiger partial charge in [0.15, 0.2) is 5.84 Å². The van der Waals surface area contributed by atoms with E-state index in [9.17, 15) is 8.42 Å². The van der Waals surface area contributed by atoms with E-state index in [4.69, 9.17) is 10.9 Å². The molecule has 0 bridgehead atoms. The van der Waals surface area contributed by atoms with E-state index in [1.807, 2.05) is 0 Å². The third-order valence-electron chi connectivity index (χ3n) is 3.31. The topological polar surface area (TPSA) is 96.0 Å². The van der Waals surface area contributed by atoms with Crippen molar-refractivity contribution in [3.05, 3.63) is 15.9 Å². The molecule has 1 aromatic heterocycles. The molecule has 0 spiro atoms. The van der Waals surface area contributed by atoms with E-state index < -0.39 is 10.0 Å². The van der Waals surface area contributed by atoms with Crippen LogP contribution < -0.4 is 5.73 Å². The van der Waals surface area contributed by atoms with Gasteiger partial charge in [-0.3, -0.25) is 0 Å². The molecule has 0 unspecified atom stereocenters. The van der Waals surface area contributed by atoms with Crippen molar-refractivity contribution in [1.29, 1.82) is 0 Å². The average Bonchev–Trinajstić information content (AvgIpc) is 3.06. The van der Waals surface area contributed by atoms with Crippen LogP contribution in [0, 0.1) is 0 Å². The fourth-order valence-electron chi connectivity index (χ4n) is 2.36. The predicted molar refractivity (Wildman–Crippen MR) is 81.6 cm³/mol. The van der Waals surface area contributed by atoms with Crippen LogP contribution in [0.3, 0.4) is 0 Å². The highest BCUT2D eigenvalue weighted by atomic mass is 79.9. The van der Waals surface area contributed by atoms with Crippen LogP contribution in [0.15, 0.2) is 25.3 Å². The first-order valence-electron chi connectivity index (χ1n) is 6.18. The number of rotatable bonds is 5. The van der Waals surface area contributed by atoms with Crippen molar-refractivity contribution in [2.75, 3.05) is 6.54 Å². The van der Waals surface area contributed by atoms with E-state index in [0.717, 1.165) is 37.0 Å². The SMILES string of the molecule is NC(CN(C1CCCC1)S(=O)(=O)c1sccc1Br)=NO. The van der Waals surface area contributed by atoms with Gasteiger partial charge in [0.1, 0.15) is 4.21 Å². The molecule has 2 rings (SSSR count). The molecule has 0 radical (unpaired) electrons. The van der Waals surface area contributed by atoms with Crippen LogP contribution in [0.4, 0.5) is 0 Å². The molecule has 0 aromatic carbocycles. The minimum atomic E-state index is -3.64. The second-order valence-electron chi connectivity index (χ2n) is 4.64. The molecule has 1 aliphatic carbocycles. The number of thiophene rings is 1. The van der Waals surface area contributed by atoms with E-state index in [0.29, 0.717) is 4.47 Å². The van der Waals surface area contributed by atoms with Gasteiger partial charge in [-0.05, 0) is 40.2 Å². The van der Waals surface area contributed by atoms with E-state index in [1.54, 1.807) is 11.4 Å². The molecule has 3 N–H and O–H groups in total. The average molecular weight is 382 g/mol. The number of nitrogens with zero attached hydrogens (tertiary/aromatic N) is 2. The van der Waals surface area contributed by atoms with Crippen molar-refractivity contribution >= 4 is 43.1 Å². The number of halogens is 1. The van der Waals surface area contributed by atoms with Gasteiger partial charge in [-0.2, -0.15) is 4.31 Å². The molecule has 0 atom stereocenters. The maximum absolute atomic E-state index is 12.8. The lowest BCUT2D eigenvalue weighted by Gasteiger charge is -2.27. The largest absolute Gasteiger partial charge is 0.409 e. The Hall–Kier alpha value is -0.640. The van der Waals surface area contributed by atoms with Crippen LogP contribution in [0.1, 0.15) is 25.7 Å². The molecule has 1 aromatic rings. The van der Waals surface area contributed by atoms with Crippen LogP contribution in [-0.4, -0.2) is 36.4 Å². The summed E-state index contributed by atoms with van der Waals surface area (Å²) in [6.45, 7) is -0.0894. The van der Waals surface area contributed by atoms with Crippen molar-refractivity contribution in [1.82, 2.24) is 4.31 Å². The van der Waals surface area contributed by atoms with Gasteiger partial charge in [-0.15, -0.1) is 11.3 Å². The van der Waals surface area contributed by atoms with E-state index >= 15 is 0 Å². The number of sulfonamides is 1. The number of hydrogen-bond donors (Lipinski definition) is 2. The Morgan fingerprint density at radius 1 is 1.55 bits per heavy atom. The van der Waals surface area contributed by atoms with E-state index in [2.05, 4.69) is 21.1 Å². The van der Waals surface area contributed by atoms with Crippen LogP contribution in [0.5, 0.6) is 0 Å². The molecule has 1 saturated carbocycles. The van der Waals surface area contributed by atoms with E-state index in [-0.39, 0.29) is 22.6 Å². The lowest BCUT2D eigenvalue weighted by molar-refractivity contribution is 0.308. The van der Waals surface area contributed by atoms with Crippen LogP contribution >= 0.6 is 27.3 Å². The summed E-state index contributed by atoms with van der Waals surface area (Å²) in [4.78, 5) is 0. The van der Waals surface area contributed by atoms with Crippen molar-refractivity contribution in [2.24, 2.45) is 10.9 Å². The second-order valence-corrected chi connectivity index (χ2v) is 8.49. The van der Waals surface area contributed by atoms with Gasteiger partial charge < -0.3 is 10.9 Å². The van der Waals surface area contributed by atoms with E-state index in [1.165, 1.54) is 4.31 Å². The number of amidine groups is 1. The van der Waals surface area contributed by atoms with Gasteiger partial charge in [-0.25, -0.2) is 8.42 Å². The molecule has 1 heterocycles. The first-order chi connectivity index (χ1) is 9.46. The Balaban J connectivity index is 2.37. The molecule has 112 valence electrons. The summed E-state index contributed by atoms with van der Waals surface area (Å²) in [5.74, 6) is -0.104. The molecule has 0 aliphatic heterocycles. The lowest BCUT2D eigenvalue weighted by atomic mass is 10.2. The fraction of sp³-hybridized carbons (Fsp3) is 0.545.